The minimum absolute atomic E-state index is 0.685. The van der Waals surface area contributed by atoms with Crippen molar-refractivity contribution < 1.29 is 0 Å². The number of hydrogen-bond acceptors (Lipinski definition) is 3. The topological polar surface area (TPSA) is 51.8 Å². The molecule has 1 aliphatic carbocycles. The van der Waals surface area contributed by atoms with E-state index in [0.717, 1.165) is 17.1 Å². The van der Waals surface area contributed by atoms with Gasteiger partial charge in [-0.3, -0.25) is 0 Å². The zero-order valence-electron chi connectivity index (χ0n) is 9.63. The first-order chi connectivity index (χ1) is 8.33. The summed E-state index contributed by atoms with van der Waals surface area (Å²) in [5, 5.41) is 0. The summed E-state index contributed by atoms with van der Waals surface area (Å²) in [4.78, 5) is 8.85. The molecule has 0 unspecified atom stereocenters. The summed E-state index contributed by atoms with van der Waals surface area (Å²) in [6.07, 6.45) is 7.80. The SMILES string of the molecule is Nc1cccc(-c2ncc(C3CCC3)cn2)c1. The van der Waals surface area contributed by atoms with Crippen molar-refractivity contribution in [3.63, 3.8) is 0 Å². The quantitative estimate of drug-likeness (QED) is 0.799. The molecule has 0 amide bonds. The molecule has 1 aromatic heterocycles. The Bertz CT molecular complexity index is 515. The van der Waals surface area contributed by atoms with Crippen molar-refractivity contribution in [2.24, 2.45) is 0 Å². The third-order valence-electron chi connectivity index (χ3n) is 3.39. The van der Waals surface area contributed by atoms with Crippen LogP contribution in [0.3, 0.4) is 0 Å². The largest absolute Gasteiger partial charge is 0.399 e. The van der Waals surface area contributed by atoms with Crippen molar-refractivity contribution in [1.29, 1.82) is 0 Å². The summed E-state index contributed by atoms with van der Waals surface area (Å²) in [5.74, 6) is 1.44. The third kappa shape index (κ3) is 2.00. The lowest BCUT2D eigenvalue weighted by atomic mass is 9.81. The zero-order valence-corrected chi connectivity index (χ0v) is 9.63. The molecule has 1 fully saturated rings. The lowest BCUT2D eigenvalue weighted by molar-refractivity contribution is 0.418. The maximum absolute atomic E-state index is 5.75. The predicted octanol–water partition coefficient (Wildman–Crippen LogP) is 2.99. The van der Waals surface area contributed by atoms with Gasteiger partial charge in [-0.15, -0.1) is 0 Å². The second kappa shape index (κ2) is 4.17. The molecule has 17 heavy (non-hydrogen) atoms. The van der Waals surface area contributed by atoms with Crippen LogP contribution in [0.25, 0.3) is 11.4 Å². The van der Waals surface area contributed by atoms with Crippen LogP contribution in [0.5, 0.6) is 0 Å². The van der Waals surface area contributed by atoms with Crippen LogP contribution in [0, 0.1) is 0 Å². The average molecular weight is 225 g/mol. The highest BCUT2D eigenvalue weighted by atomic mass is 14.9. The van der Waals surface area contributed by atoms with Gasteiger partial charge in [-0.1, -0.05) is 18.6 Å². The number of hydrogen-bond donors (Lipinski definition) is 1. The van der Waals surface area contributed by atoms with Crippen LogP contribution < -0.4 is 5.73 Å². The summed E-state index contributed by atoms with van der Waals surface area (Å²) < 4.78 is 0. The van der Waals surface area contributed by atoms with Crippen molar-refractivity contribution in [3.8, 4) is 11.4 Å². The van der Waals surface area contributed by atoms with E-state index in [1.165, 1.54) is 24.8 Å². The lowest BCUT2D eigenvalue weighted by Gasteiger charge is -2.24. The molecule has 86 valence electrons. The van der Waals surface area contributed by atoms with E-state index in [9.17, 15) is 0 Å². The Labute approximate surface area is 101 Å². The third-order valence-corrected chi connectivity index (χ3v) is 3.39. The van der Waals surface area contributed by atoms with E-state index in [1.54, 1.807) is 0 Å². The van der Waals surface area contributed by atoms with Gasteiger partial charge < -0.3 is 5.73 Å². The van der Waals surface area contributed by atoms with Crippen LogP contribution in [-0.2, 0) is 0 Å². The van der Waals surface area contributed by atoms with Crippen LogP contribution in [0.2, 0.25) is 0 Å². The number of nitrogens with two attached hydrogens (primary N) is 1. The molecule has 3 heteroatoms. The molecule has 0 atom stereocenters. The summed E-state index contributed by atoms with van der Waals surface area (Å²) in [7, 11) is 0. The molecule has 0 radical (unpaired) electrons. The highest BCUT2D eigenvalue weighted by Gasteiger charge is 2.19. The van der Waals surface area contributed by atoms with Crippen LogP contribution in [0.1, 0.15) is 30.7 Å². The standard InChI is InChI=1S/C14H15N3/c15-13-6-2-5-11(7-13)14-16-8-12(9-17-14)10-3-1-4-10/h2,5-10H,1,3-4,15H2. The molecule has 3 nitrogen and oxygen atoms in total. The second-order valence-corrected chi connectivity index (χ2v) is 4.59. The molecule has 0 aliphatic heterocycles. The first-order valence-electron chi connectivity index (χ1n) is 6.01. The first-order valence-corrected chi connectivity index (χ1v) is 6.01. The maximum atomic E-state index is 5.75. The fourth-order valence-electron chi connectivity index (χ4n) is 2.12. The van der Waals surface area contributed by atoms with Crippen molar-refractivity contribution >= 4 is 5.69 Å². The number of anilines is 1. The molecule has 0 spiro atoms. The minimum Gasteiger partial charge on any atom is -0.399 e. The Hall–Kier alpha value is -1.90. The van der Waals surface area contributed by atoms with E-state index in [1.807, 2.05) is 36.7 Å². The van der Waals surface area contributed by atoms with Crippen LogP contribution in [0.15, 0.2) is 36.7 Å². The van der Waals surface area contributed by atoms with E-state index >= 15 is 0 Å². The minimum atomic E-state index is 0.685. The molecule has 1 saturated carbocycles. The molecule has 3 rings (SSSR count). The van der Waals surface area contributed by atoms with Gasteiger partial charge in [0.2, 0.25) is 0 Å². The monoisotopic (exact) mass is 225 g/mol. The highest BCUT2D eigenvalue weighted by molar-refractivity contribution is 5.60. The Morgan fingerprint density at radius 2 is 1.88 bits per heavy atom. The number of nitrogens with zero attached hydrogens (tertiary/aromatic N) is 2. The van der Waals surface area contributed by atoms with Gasteiger partial charge in [0.25, 0.3) is 0 Å². The molecule has 1 heterocycles. The summed E-state index contributed by atoms with van der Waals surface area (Å²) >= 11 is 0. The van der Waals surface area contributed by atoms with E-state index in [-0.39, 0.29) is 0 Å². The summed E-state index contributed by atoms with van der Waals surface area (Å²) in [6.45, 7) is 0. The van der Waals surface area contributed by atoms with Gasteiger partial charge in [0.1, 0.15) is 0 Å². The van der Waals surface area contributed by atoms with Gasteiger partial charge in [0.15, 0.2) is 5.82 Å². The van der Waals surface area contributed by atoms with Crippen molar-refractivity contribution in [1.82, 2.24) is 9.97 Å². The Morgan fingerprint density at radius 1 is 1.12 bits per heavy atom. The van der Waals surface area contributed by atoms with Gasteiger partial charge in [0, 0.05) is 23.6 Å². The van der Waals surface area contributed by atoms with Gasteiger partial charge in [-0.2, -0.15) is 0 Å². The first kappa shape index (κ1) is 10.3. The van der Waals surface area contributed by atoms with Gasteiger partial charge in [-0.05, 0) is 36.5 Å². The number of aromatic nitrogens is 2. The maximum Gasteiger partial charge on any atom is 0.159 e. The van der Waals surface area contributed by atoms with Crippen LogP contribution in [0.4, 0.5) is 5.69 Å². The highest BCUT2D eigenvalue weighted by Crippen LogP contribution is 2.35. The van der Waals surface area contributed by atoms with Crippen molar-refractivity contribution in [2.45, 2.75) is 25.2 Å². The van der Waals surface area contributed by atoms with Gasteiger partial charge in [0.05, 0.1) is 0 Å². The van der Waals surface area contributed by atoms with E-state index in [4.69, 9.17) is 5.73 Å². The fourth-order valence-corrected chi connectivity index (χ4v) is 2.12. The number of nitrogen functional groups attached to an aromatic ring is 1. The molecular weight excluding hydrogens is 210 g/mol. The number of benzene rings is 1. The molecule has 1 aromatic carbocycles. The van der Waals surface area contributed by atoms with E-state index in [2.05, 4.69) is 9.97 Å². The molecule has 2 N–H and O–H groups in total. The Balaban J connectivity index is 1.88. The predicted molar refractivity (Wildman–Crippen MR) is 68.5 cm³/mol. The molecule has 0 saturated heterocycles. The van der Waals surface area contributed by atoms with Crippen molar-refractivity contribution in [3.05, 3.63) is 42.2 Å². The molecular formula is C14H15N3. The van der Waals surface area contributed by atoms with Crippen LogP contribution >= 0.6 is 0 Å². The molecule has 2 aromatic rings. The molecule has 0 bridgehead atoms. The van der Waals surface area contributed by atoms with E-state index in [0.29, 0.717) is 5.92 Å². The van der Waals surface area contributed by atoms with Gasteiger partial charge in [-0.25, -0.2) is 9.97 Å². The smallest absolute Gasteiger partial charge is 0.159 e. The molecule has 1 aliphatic rings. The Morgan fingerprint density at radius 3 is 2.47 bits per heavy atom. The number of rotatable bonds is 2. The van der Waals surface area contributed by atoms with Crippen LogP contribution in [-0.4, -0.2) is 9.97 Å². The zero-order chi connectivity index (χ0) is 11.7. The van der Waals surface area contributed by atoms with E-state index < -0.39 is 0 Å². The van der Waals surface area contributed by atoms with Gasteiger partial charge >= 0.3 is 0 Å². The normalized spacial score (nSPS) is 15.5. The van der Waals surface area contributed by atoms with Crippen molar-refractivity contribution in [2.75, 3.05) is 5.73 Å². The Kier molecular flexibility index (Phi) is 2.52. The second-order valence-electron chi connectivity index (χ2n) is 4.59. The summed E-state index contributed by atoms with van der Waals surface area (Å²) in [6, 6.07) is 7.67. The summed E-state index contributed by atoms with van der Waals surface area (Å²) in [5.41, 5.74) is 8.74. The average Bonchev–Trinajstić information content (AvgIpc) is 2.28. The fraction of sp³-hybridized carbons (Fsp3) is 0.286. The lowest BCUT2D eigenvalue weighted by Crippen LogP contribution is -2.09.